The molecule has 28 heavy (non-hydrogen) atoms. The lowest BCUT2D eigenvalue weighted by Gasteiger charge is -2.24. The van der Waals surface area contributed by atoms with Gasteiger partial charge in [0.25, 0.3) is 11.2 Å². The van der Waals surface area contributed by atoms with Gasteiger partial charge < -0.3 is 5.73 Å². The molecule has 0 amide bonds. The summed E-state index contributed by atoms with van der Waals surface area (Å²) >= 11 is 6.11. The summed E-state index contributed by atoms with van der Waals surface area (Å²) in [6.45, 7) is 1.69. The first kappa shape index (κ1) is 21.3. The number of nitrogens with zero attached hydrogens (tertiary/aromatic N) is 4. The maximum Gasteiger partial charge on any atom is 0.332 e. The number of halogens is 1. The third-order valence-corrected chi connectivity index (χ3v) is 5.03. The molecule has 0 fully saturated rings. The molecule has 0 bridgehead atoms. The van der Waals surface area contributed by atoms with Gasteiger partial charge in [-0.2, -0.15) is 0 Å². The lowest BCUT2D eigenvalue weighted by atomic mass is 10.1. The second-order valence-corrected chi connectivity index (χ2v) is 6.86. The van der Waals surface area contributed by atoms with Gasteiger partial charge in [-0.15, -0.1) is 0 Å². The molecule has 1 heterocycles. The zero-order valence-corrected chi connectivity index (χ0v) is 16.6. The normalized spacial score (nSPS) is 12.2. The van der Waals surface area contributed by atoms with Crippen molar-refractivity contribution in [3.63, 3.8) is 0 Å². The van der Waals surface area contributed by atoms with Gasteiger partial charge >= 0.3 is 5.69 Å². The van der Waals surface area contributed by atoms with Gasteiger partial charge in [0.15, 0.2) is 5.78 Å². The summed E-state index contributed by atoms with van der Waals surface area (Å²) in [6.07, 6.45) is 0. The first-order valence-corrected chi connectivity index (χ1v) is 8.57. The van der Waals surface area contributed by atoms with E-state index in [1.54, 1.807) is 18.9 Å². The molecule has 0 saturated heterocycles. The number of nitrogens with two attached hydrogens (primary N) is 1. The van der Waals surface area contributed by atoms with Gasteiger partial charge in [-0.25, -0.2) is 4.79 Å². The van der Waals surface area contributed by atoms with Crippen LogP contribution in [0.2, 0.25) is 5.02 Å². The van der Waals surface area contributed by atoms with E-state index in [0.717, 1.165) is 9.13 Å². The van der Waals surface area contributed by atoms with Crippen LogP contribution in [0.15, 0.2) is 27.8 Å². The van der Waals surface area contributed by atoms with E-state index in [1.807, 2.05) is 0 Å². The number of hydrogen-bond acceptors (Lipinski definition) is 7. The second-order valence-electron chi connectivity index (χ2n) is 6.45. The minimum atomic E-state index is -0.803. The summed E-state index contributed by atoms with van der Waals surface area (Å²) < 4.78 is 1.84. The number of nitro benzene ring substituents is 1. The maximum atomic E-state index is 12.9. The second kappa shape index (κ2) is 7.95. The van der Waals surface area contributed by atoms with Crippen molar-refractivity contribution in [2.75, 3.05) is 12.8 Å². The molecule has 2 aromatic rings. The van der Waals surface area contributed by atoms with E-state index < -0.39 is 28.0 Å². The van der Waals surface area contributed by atoms with Crippen molar-refractivity contribution < 1.29 is 9.72 Å². The summed E-state index contributed by atoms with van der Waals surface area (Å²) in [5.74, 6) is -0.788. The molecule has 2 rings (SSSR count). The van der Waals surface area contributed by atoms with Gasteiger partial charge in [0.2, 0.25) is 0 Å². The summed E-state index contributed by atoms with van der Waals surface area (Å²) in [4.78, 5) is 49.2. The van der Waals surface area contributed by atoms with E-state index in [4.69, 9.17) is 17.3 Å². The molecule has 1 aromatic carbocycles. The van der Waals surface area contributed by atoms with Crippen LogP contribution in [0.3, 0.4) is 0 Å². The van der Waals surface area contributed by atoms with Gasteiger partial charge in [-0.1, -0.05) is 11.6 Å². The summed E-state index contributed by atoms with van der Waals surface area (Å²) in [7, 11) is 4.24. The average molecular weight is 410 g/mol. The summed E-state index contributed by atoms with van der Waals surface area (Å²) in [6, 6.07) is 3.23. The highest BCUT2D eigenvalue weighted by Gasteiger charge is 2.27. The van der Waals surface area contributed by atoms with Crippen molar-refractivity contribution in [2.45, 2.75) is 19.5 Å². The highest BCUT2D eigenvalue weighted by Crippen LogP contribution is 2.24. The number of benzene rings is 1. The SMILES string of the molecule is CC(C(=O)c1c(N)n(C)c(=O)n(C)c1=O)N(C)Cc1cc([N+](=O)[O-])ccc1Cl. The number of rotatable bonds is 6. The Kier molecular flexibility index (Phi) is 6.05. The Bertz CT molecular complexity index is 1070. The Labute approximate surface area is 164 Å². The van der Waals surface area contributed by atoms with Gasteiger partial charge in [-0.3, -0.25) is 33.7 Å². The topological polar surface area (TPSA) is 133 Å². The summed E-state index contributed by atoms with van der Waals surface area (Å²) in [5, 5.41) is 11.3. The van der Waals surface area contributed by atoms with Crippen molar-refractivity contribution in [3.05, 3.63) is 65.3 Å². The molecule has 1 aromatic heterocycles. The Balaban J connectivity index is 2.37. The van der Waals surface area contributed by atoms with E-state index in [2.05, 4.69) is 0 Å². The van der Waals surface area contributed by atoms with Crippen LogP contribution in [0, 0.1) is 10.1 Å². The number of Topliss-reactive ketones (excluding diaryl/α,β-unsaturated/α-hetero) is 1. The maximum absolute atomic E-state index is 12.9. The van der Waals surface area contributed by atoms with Gasteiger partial charge in [0.1, 0.15) is 11.4 Å². The van der Waals surface area contributed by atoms with E-state index >= 15 is 0 Å². The van der Waals surface area contributed by atoms with Crippen LogP contribution >= 0.6 is 11.6 Å². The van der Waals surface area contributed by atoms with E-state index in [-0.39, 0.29) is 23.6 Å². The van der Waals surface area contributed by atoms with Crippen LogP contribution in [0.1, 0.15) is 22.8 Å². The quantitative estimate of drug-likeness (QED) is 0.426. The van der Waals surface area contributed by atoms with Crippen LogP contribution in [-0.2, 0) is 20.6 Å². The van der Waals surface area contributed by atoms with Crippen LogP contribution in [-0.4, -0.2) is 37.8 Å². The number of likely N-dealkylation sites (N-methyl/N-ethyl adjacent to an activating group) is 1. The molecule has 2 N–H and O–H groups in total. The standard InChI is InChI=1S/C17H20ClN5O5/c1-9(14(24)13-15(19)21(3)17(26)22(4)16(13)25)20(2)8-10-7-11(23(27)28)5-6-12(10)18/h5-7,9H,8,19H2,1-4H3. The molecule has 10 nitrogen and oxygen atoms in total. The molecule has 0 aliphatic heterocycles. The molecule has 150 valence electrons. The number of hydrogen-bond donors (Lipinski definition) is 1. The molecule has 0 aliphatic rings. The van der Waals surface area contributed by atoms with E-state index in [9.17, 15) is 24.5 Å². The third kappa shape index (κ3) is 3.82. The Morgan fingerprint density at radius 1 is 1.32 bits per heavy atom. The number of non-ortho nitro benzene ring substituents is 1. The van der Waals surface area contributed by atoms with Crippen molar-refractivity contribution in [2.24, 2.45) is 14.1 Å². The van der Waals surface area contributed by atoms with E-state index in [0.29, 0.717) is 10.6 Å². The molecule has 1 unspecified atom stereocenters. The average Bonchev–Trinajstić information content (AvgIpc) is 2.65. The predicted molar refractivity (Wildman–Crippen MR) is 105 cm³/mol. The highest BCUT2D eigenvalue weighted by molar-refractivity contribution is 6.31. The zero-order valence-electron chi connectivity index (χ0n) is 15.8. The Hall–Kier alpha value is -2.98. The zero-order chi connectivity index (χ0) is 21.3. The largest absolute Gasteiger partial charge is 0.384 e. The molecule has 0 radical (unpaired) electrons. The first-order chi connectivity index (χ1) is 13.0. The molecule has 11 heteroatoms. The minimum Gasteiger partial charge on any atom is -0.384 e. The number of ketones is 1. The fourth-order valence-corrected chi connectivity index (χ4v) is 2.88. The fraction of sp³-hybridized carbons (Fsp3) is 0.353. The predicted octanol–water partition coefficient (Wildman–Crippen LogP) is 0.931. The van der Waals surface area contributed by atoms with Crippen LogP contribution in [0.25, 0.3) is 0 Å². The molecule has 1 atom stereocenters. The van der Waals surface area contributed by atoms with Crippen LogP contribution < -0.4 is 17.0 Å². The van der Waals surface area contributed by atoms with Crippen molar-refractivity contribution in [1.82, 2.24) is 14.0 Å². The van der Waals surface area contributed by atoms with Crippen LogP contribution in [0.5, 0.6) is 0 Å². The van der Waals surface area contributed by atoms with Crippen molar-refractivity contribution >= 4 is 28.9 Å². The Morgan fingerprint density at radius 2 is 1.93 bits per heavy atom. The number of carbonyl (C=O) groups is 1. The first-order valence-electron chi connectivity index (χ1n) is 8.20. The van der Waals surface area contributed by atoms with E-state index in [1.165, 1.54) is 32.3 Å². The minimum absolute atomic E-state index is 0.122. The molecule has 0 aliphatic carbocycles. The molecular formula is C17H20ClN5O5. The number of carbonyl (C=O) groups excluding carboxylic acids is 1. The van der Waals surface area contributed by atoms with Gasteiger partial charge in [0, 0.05) is 37.8 Å². The number of nitro groups is 1. The smallest absolute Gasteiger partial charge is 0.332 e. The van der Waals surface area contributed by atoms with Crippen molar-refractivity contribution in [1.29, 1.82) is 0 Å². The molecular weight excluding hydrogens is 390 g/mol. The van der Waals surface area contributed by atoms with Gasteiger partial charge in [0.05, 0.1) is 11.0 Å². The fourth-order valence-electron chi connectivity index (χ4n) is 2.70. The van der Waals surface area contributed by atoms with Crippen LogP contribution in [0.4, 0.5) is 11.5 Å². The lowest BCUT2D eigenvalue weighted by molar-refractivity contribution is -0.384. The monoisotopic (exact) mass is 409 g/mol. The molecule has 0 saturated carbocycles. The highest BCUT2D eigenvalue weighted by atomic mass is 35.5. The van der Waals surface area contributed by atoms with Gasteiger partial charge in [-0.05, 0) is 25.6 Å². The summed E-state index contributed by atoms with van der Waals surface area (Å²) in [5.41, 5.74) is 4.47. The number of anilines is 1. The van der Waals surface area contributed by atoms with Crippen molar-refractivity contribution in [3.8, 4) is 0 Å². The lowest BCUT2D eigenvalue weighted by Crippen LogP contribution is -2.45. The third-order valence-electron chi connectivity index (χ3n) is 4.66. The number of aromatic nitrogens is 2. The Morgan fingerprint density at radius 3 is 2.50 bits per heavy atom. The molecule has 0 spiro atoms. The number of nitrogen functional groups attached to an aromatic ring is 1.